The van der Waals surface area contributed by atoms with Crippen LogP contribution in [0.2, 0.25) is 0 Å². The minimum atomic E-state index is -0.920. The molecule has 4 aromatic rings. The minimum absolute atomic E-state index is 0.00118. The van der Waals surface area contributed by atoms with Crippen LogP contribution in [0, 0.1) is 5.82 Å². The lowest BCUT2D eigenvalue weighted by Crippen LogP contribution is -2.29. The van der Waals surface area contributed by atoms with Crippen LogP contribution < -0.4 is 5.32 Å². The van der Waals surface area contributed by atoms with Crippen molar-refractivity contribution in [2.45, 2.75) is 12.6 Å². The number of halogens is 1. The number of benzene rings is 3. The van der Waals surface area contributed by atoms with Crippen molar-refractivity contribution < 1.29 is 13.6 Å². The Morgan fingerprint density at radius 1 is 0.871 bits per heavy atom. The normalized spacial score (nSPS) is 15.7. The number of hydrogen-bond acceptors (Lipinski definition) is 6. The quantitative estimate of drug-likeness (QED) is 0.541. The number of ketones is 1. The van der Waals surface area contributed by atoms with Crippen LogP contribution in [-0.2, 0) is 11.2 Å². The highest BCUT2D eigenvalue weighted by atomic mass is 19.1. The molecule has 152 valence electrons. The van der Waals surface area contributed by atoms with Crippen LogP contribution in [0.4, 0.5) is 10.4 Å². The molecule has 1 aromatic heterocycles. The van der Waals surface area contributed by atoms with Crippen molar-refractivity contribution in [1.29, 1.82) is 0 Å². The summed E-state index contributed by atoms with van der Waals surface area (Å²) >= 11 is 0. The maximum absolute atomic E-state index is 14.0. The van der Waals surface area contributed by atoms with Crippen LogP contribution in [-0.4, -0.2) is 27.9 Å². The summed E-state index contributed by atoms with van der Waals surface area (Å²) in [5, 5.41) is 10.7. The zero-order valence-electron chi connectivity index (χ0n) is 16.3. The van der Waals surface area contributed by atoms with Gasteiger partial charge in [-0.05, 0) is 17.7 Å². The summed E-state index contributed by atoms with van der Waals surface area (Å²) in [5.74, 6) is -0.579. The molecule has 0 saturated heterocycles. The zero-order valence-corrected chi connectivity index (χ0v) is 16.3. The Kier molecular flexibility index (Phi) is 4.84. The molecule has 1 unspecified atom stereocenters. The predicted molar refractivity (Wildman–Crippen MR) is 114 cm³/mol. The standard InChI is InChI=1S/C24H17FN4O2/c25-19-13-7-6-12-18(19)23-28-29-24(31-23)27-22-20(30)14-16-10-4-5-11-17(16)21(26-22)15-8-2-1-3-9-15/h1-13,22H,14H2,(H,27,29). The smallest absolute Gasteiger partial charge is 0.317 e. The summed E-state index contributed by atoms with van der Waals surface area (Å²) in [6.07, 6.45) is -0.710. The molecule has 0 fully saturated rings. The van der Waals surface area contributed by atoms with Gasteiger partial charge in [0.1, 0.15) is 5.82 Å². The molecule has 0 amide bonds. The molecule has 1 aliphatic heterocycles. The van der Waals surface area contributed by atoms with Gasteiger partial charge in [-0.3, -0.25) is 9.79 Å². The number of anilines is 1. The minimum Gasteiger partial charge on any atom is -0.403 e. The lowest BCUT2D eigenvalue weighted by atomic mass is 9.96. The highest BCUT2D eigenvalue weighted by Crippen LogP contribution is 2.25. The maximum Gasteiger partial charge on any atom is 0.317 e. The van der Waals surface area contributed by atoms with Crippen molar-refractivity contribution in [3.63, 3.8) is 0 Å². The van der Waals surface area contributed by atoms with E-state index in [1.165, 1.54) is 6.07 Å². The van der Waals surface area contributed by atoms with E-state index in [0.717, 1.165) is 16.7 Å². The van der Waals surface area contributed by atoms with Crippen molar-refractivity contribution in [3.8, 4) is 11.5 Å². The van der Waals surface area contributed by atoms with Gasteiger partial charge in [-0.15, -0.1) is 5.10 Å². The average molecular weight is 412 g/mol. The fourth-order valence-corrected chi connectivity index (χ4v) is 3.54. The molecule has 0 aliphatic carbocycles. The largest absolute Gasteiger partial charge is 0.403 e. The van der Waals surface area contributed by atoms with E-state index >= 15 is 0 Å². The summed E-state index contributed by atoms with van der Waals surface area (Å²) in [6.45, 7) is 0. The van der Waals surface area contributed by atoms with E-state index in [9.17, 15) is 9.18 Å². The lowest BCUT2D eigenvalue weighted by Gasteiger charge is -2.11. The molecule has 5 rings (SSSR count). The summed E-state index contributed by atoms with van der Waals surface area (Å²) in [6, 6.07) is 23.5. The molecule has 31 heavy (non-hydrogen) atoms. The number of Topliss-reactive ketones (excluding diaryl/α,β-unsaturated/α-hetero) is 1. The van der Waals surface area contributed by atoms with E-state index in [4.69, 9.17) is 9.41 Å². The number of fused-ring (bicyclic) bond motifs is 1. The van der Waals surface area contributed by atoms with Crippen molar-refractivity contribution in [2.24, 2.45) is 4.99 Å². The number of carbonyl (C=O) groups is 1. The molecule has 6 nitrogen and oxygen atoms in total. The topological polar surface area (TPSA) is 80.4 Å². The second-order valence-electron chi connectivity index (χ2n) is 7.08. The first-order chi connectivity index (χ1) is 15.2. The molecule has 7 heteroatoms. The molecule has 3 aromatic carbocycles. The number of nitrogens with one attached hydrogen (secondary N) is 1. The van der Waals surface area contributed by atoms with Crippen LogP contribution in [0.5, 0.6) is 0 Å². The van der Waals surface area contributed by atoms with Crippen LogP contribution in [0.1, 0.15) is 16.7 Å². The van der Waals surface area contributed by atoms with Crippen LogP contribution >= 0.6 is 0 Å². The maximum atomic E-state index is 14.0. The summed E-state index contributed by atoms with van der Waals surface area (Å²) in [4.78, 5) is 17.7. The molecule has 0 saturated carbocycles. The molecule has 0 radical (unpaired) electrons. The van der Waals surface area contributed by atoms with Gasteiger partial charge in [-0.2, -0.15) is 0 Å². The Labute approximate surface area is 177 Å². The third-order valence-corrected chi connectivity index (χ3v) is 5.04. The van der Waals surface area contributed by atoms with Crippen LogP contribution in [0.15, 0.2) is 88.3 Å². The van der Waals surface area contributed by atoms with Gasteiger partial charge in [0.05, 0.1) is 11.3 Å². The van der Waals surface area contributed by atoms with Gasteiger partial charge in [0.15, 0.2) is 11.9 Å². The Hall–Kier alpha value is -4.13. The van der Waals surface area contributed by atoms with Gasteiger partial charge in [-0.1, -0.05) is 71.8 Å². The van der Waals surface area contributed by atoms with E-state index in [1.54, 1.807) is 18.2 Å². The first-order valence-electron chi connectivity index (χ1n) is 9.78. The van der Waals surface area contributed by atoms with Gasteiger partial charge >= 0.3 is 6.01 Å². The Morgan fingerprint density at radius 2 is 1.58 bits per heavy atom. The van der Waals surface area contributed by atoms with Gasteiger partial charge in [0, 0.05) is 17.5 Å². The highest BCUT2D eigenvalue weighted by Gasteiger charge is 2.27. The fourth-order valence-electron chi connectivity index (χ4n) is 3.54. The van der Waals surface area contributed by atoms with Crippen molar-refractivity contribution in [1.82, 2.24) is 10.2 Å². The van der Waals surface area contributed by atoms with Crippen molar-refractivity contribution in [3.05, 3.63) is 101 Å². The summed E-state index contributed by atoms with van der Waals surface area (Å²) in [7, 11) is 0. The van der Waals surface area contributed by atoms with E-state index in [0.29, 0.717) is 5.71 Å². The van der Waals surface area contributed by atoms with E-state index < -0.39 is 12.0 Å². The Balaban J connectivity index is 1.51. The molecule has 1 atom stereocenters. The monoisotopic (exact) mass is 412 g/mol. The van der Waals surface area contributed by atoms with E-state index in [1.807, 2.05) is 54.6 Å². The number of carbonyl (C=O) groups excluding carboxylic acids is 1. The van der Waals surface area contributed by atoms with E-state index in [2.05, 4.69) is 15.5 Å². The second kappa shape index (κ2) is 7.95. The Bertz CT molecular complexity index is 1280. The molecule has 0 spiro atoms. The molecular formula is C24H17FN4O2. The number of aliphatic imine (C=N–C) groups is 1. The van der Waals surface area contributed by atoms with Gasteiger partial charge < -0.3 is 9.73 Å². The summed E-state index contributed by atoms with van der Waals surface area (Å²) in [5.41, 5.74) is 3.60. The SMILES string of the molecule is O=C1Cc2ccccc2C(c2ccccc2)=NC1Nc1nnc(-c2ccccc2F)o1. The molecule has 1 N–H and O–H groups in total. The fraction of sp³-hybridized carbons (Fsp3) is 0.0833. The first kappa shape index (κ1) is 18.9. The zero-order chi connectivity index (χ0) is 21.2. The molecule has 1 aliphatic rings. The number of nitrogens with zero attached hydrogens (tertiary/aromatic N) is 3. The molecular weight excluding hydrogens is 395 g/mol. The number of rotatable bonds is 4. The Morgan fingerprint density at radius 3 is 2.39 bits per heavy atom. The van der Waals surface area contributed by atoms with Gasteiger partial charge in [0.25, 0.3) is 5.89 Å². The van der Waals surface area contributed by atoms with Gasteiger partial charge in [0.2, 0.25) is 0 Å². The van der Waals surface area contributed by atoms with E-state index in [-0.39, 0.29) is 29.7 Å². The molecule has 2 heterocycles. The average Bonchev–Trinajstić information content (AvgIpc) is 3.21. The second-order valence-corrected chi connectivity index (χ2v) is 7.08. The third kappa shape index (κ3) is 3.73. The number of hydrogen-bond donors (Lipinski definition) is 1. The van der Waals surface area contributed by atoms with Crippen molar-refractivity contribution in [2.75, 3.05) is 5.32 Å². The summed E-state index contributed by atoms with van der Waals surface area (Å²) < 4.78 is 19.6. The highest BCUT2D eigenvalue weighted by molar-refractivity contribution is 6.16. The van der Waals surface area contributed by atoms with Crippen LogP contribution in [0.25, 0.3) is 11.5 Å². The van der Waals surface area contributed by atoms with Crippen molar-refractivity contribution >= 4 is 17.5 Å². The number of aromatic nitrogens is 2. The predicted octanol–water partition coefficient (Wildman–Crippen LogP) is 4.28. The van der Waals surface area contributed by atoms with Gasteiger partial charge in [-0.25, -0.2) is 4.39 Å². The lowest BCUT2D eigenvalue weighted by molar-refractivity contribution is -0.119. The van der Waals surface area contributed by atoms with Crippen LogP contribution in [0.3, 0.4) is 0 Å². The third-order valence-electron chi connectivity index (χ3n) is 5.04. The first-order valence-corrected chi connectivity index (χ1v) is 9.78. The molecule has 0 bridgehead atoms.